The molecule has 19 heavy (non-hydrogen) atoms. The number of nitrogens with zero attached hydrogens (tertiary/aromatic N) is 4. The Morgan fingerprint density at radius 3 is 2.37 bits per heavy atom. The van der Waals surface area contributed by atoms with Crippen LogP contribution >= 0.6 is 22.6 Å². The number of hydrogen-bond donors (Lipinski definition) is 3. The summed E-state index contributed by atoms with van der Waals surface area (Å²) in [5.74, 6) is -0.158. The molecule has 0 spiro atoms. The molecule has 0 aliphatic carbocycles. The number of urea groups is 1. The first-order valence-electron chi connectivity index (χ1n) is 5.74. The molecule has 0 aromatic carbocycles. The normalized spacial score (nSPS) is 18.2. The number of anilines is 1. The van der Waals surface area contributed by atoms with Crippen LogP contribution in [0.4, 0.5) is 10.6 Å². The van der Waals surface area contributed by atoms with Crippen LogP contribution < -0.4 is 21.0 Å². The summed E-state index contributed by atoms with van der Waals surface area (Å²) in [5.41, 5.74) is 2.89. The second-order valence-corrected chi connectivity index (χ2v) is 5.11. The van der Waals surface area contributed by atoms with Gasteiger partial charge in [0.2, 0.25) is 0 Å². The largest absolute Gasteiger partial charge is 0.343 e. The van der Waals surface area contributed by atoms with Gasteiger partial charge in [-0.25, -0.2) is 15.2 Å². The molecule has 0 bridgehead atoms. The highest BCUT2D eigenvalue weighted by atomic mass is 127. The fourth-order valence-corrected chi connectivity index (χ4v) is 2.36. The van der Waals surface area contributed by atoms with E-state index >= 15 is 0 Å². The van der Waals surface area contributed by atoms with Crippen molar-refractivity contribution in [2.24, 2.45) is 0 Å². The maximum Gasteiger partial charge on any atom is 0.343 e. The number of nitrogens with one attached hydrogen (secondary N) is 3. The molecule has 1 aromatic heterocycles. The molecule has 0 unspecified atom stereocenters. The van der Waals surface area contributed by atoms with Crippen LogP contribution in [0.3, 0.4) is 0 Å². The van der Waals surface area contributed by atoms with Gasteiger partial charge in [0.1, 0.15) is 3.70 Å². The maximum atomic E-state index is 12.4. The Bertz CT molecular complexity index is 461. The standard InChI is InChI=1S/C10H16IN7O/c1-12-10(13-2)6-17(9(19)18(10)14-3)8-5-4-7(11)15-16-8/h4-5,12-14H,6H2,1-3H3. The first-order valence-corrected chi connectivity index (χ1v) is 6.82. The molecule has 3 N–H and O–H groups in total. The van der Waals surface area contributed by atoms with Gasteiger partial charge in [-0.1, -0.05) is 0 Å². The average molecular weight is 377 g/mol. The van der Waals surface area contributed by atoms with Crippen LogP contribution in [0.5, 0.6) is 0 Å². The molecule has 9 heteroatoms. The van der Waals surface area contributed by atoms with Crippen molar-refractivity contribution in [3.63, 3.8) is 0 Å². The highest BCUT2D eigenvalue weighted by Gasteiger charge is 2.49. The van der Waals surface area contributed by atoms with E-state index < -0.39 is 5.79 Å². The number of hydrazine groups is 1. The van der Waals surface area contributed by atoms with Crippen LogP contribution in [0, 0.1) is 3.70 Å². The number of hydrogen-bond acceptors (Lipinski definition) is 6. The van der Waals surface area contributed by atoms with Crippen LogP contribution in [0.2, 0.25) is 0 Å². The van der Waals surface area contributed by atoms with Crippen molar-refractivity contribution in [2.75, 3.05) is 32.6 Å². The lowest BCUT2D eigenvalue weighted by Crippen LogP contribution is -2.68. The number of rotatable bonds is 4. The Morgan fingerprint density at radius 2 is 1.95 bits per heavy atom. The Hall–Kier alpha value is -1.04. The summed E-state index contributed by atoms with van der Waals surface area (Å²) in [5, 5.41) is 15.7. The van der Waals surface area contributed by atoms with Crippen molar-refractivity contribution < 1.29 is 4.79 Å². The van der Waals surface area contributed by atoms with Crippen LogP contribution in [0.15, 0.2) is 12.1 Å². The number of aromatic nitrogens is 2. The van der Waals surface area contributed by atoms with Gasteiger partial charge >= 0.3 is 6.03 Å². The predicted molar refractivity (Wildman–Crippen MR) is 79.2 cm³/mol. The third kappa shape index (κ3) is 2.38. The van der Waals surface area contributed by atoms with Crippen molar-refractivity contribution in [1.29, 1.82) is 0 Å². The number of carbonyl (C=O) groups excluding carboxylic acids is 1. The third-order valence-corrected chi connectivity index (χ3v) is 3.71. The average Bonchev–Trinajstić information content (AvgIpc) is 2.72. The van der Waals surface area contributed by atoms with Gasteiger partial charge in [-0.2, -0.15) is 0 Å². The van der Waals surface area contributed by atoms with E-state index in [0.717, 1.165) is 3.70 Å². The summed E-state index contributed by atoms with van der Waals surface area (Å²) in [6, 6.07) is 3.40. The second-order valence-electron chi connectivity index (χ2n) is 4.00. The number of halogens is 1. The van der Waals surface area contributed by atoms with E-state index in [-0.39, 0.29) is 6.03 Å². The molecule has 1 aliphatic rings. The van der Waals surface area contributed by atoms with E-state index in [1.165, 1.54) is 5.01 Å². The Labute approximate surface area is 125 Å². The highest BCUT2D eigenvalue weighted by molar-refractivity contribution is 14.1. The van der Waals surface area contributed by atoms with E-state index in [4.69, 9.17) is 0 Å². The molecule has 1 aromatic rings. The molecular weight excluding hydrogens is 361 g/mol. The van der Waals surface area contributed by atoms with Gasteiger partial charge in [-0.05, 0) is 48.8 Å². The van der Waals surface area contributed by atoms with E-state index in [2.05, 4.69) is 48.8 Å². The number of carbonyl (C=O) groups is 1. The first-order chi connectivity index (χ1) is 9.07. The Kier molecular flexibility index (Phi) is 4.18. The molecule has 1 fully saturated rings. The zero-order chi connectivity index (χ0) is 14.0. The Morgan fingerprint density at radius 1 is 1.26 bits per heavy atom. The van der Waals surface area contributed by atoms with Gasteiger partial charge in [0.15, 0.2) is 11.6 Å². The van der Waals surface area contributed by atoms with Crippen LogP contribution in [-0.4, -0.2) is 54.7 Å². The second kappa shape index (κ2) is 5.53. The molecule has 2 amide bonds. The van der Waals surface area contributed by atoms with Gasteiger partial charge < -0.3 is 0 Å². The molecule has 0 radical (unpaired) electrons. The van der Waals surface area contributed by atoms with Crippen LogP contribution in [-0.2, 0) is 0 Å². The van der Waals surface area contributed by atoms with Gasteiger partial charge in [-0.3, -0.25) is 15.5 Å². The zero-order valence-electron chi connectivity index (χ0n) is 10.9. The fraction of sp³-hybridized carbons (Fsp3) is 0.500. The lowest BCUT2D eigenvalue weighted by atomic mass is 10.3. The summed E-state index contributed by atoms with van der Waals surface area (Å²) in [4.78, 5) is 14.0. The first kappa shape index (κ1) is 14.4. The van der Waals surface area contributed by atoms with Crippen LogP contribution in [0.25, 0.3) is 0 Å². The Balaban J connectivity index is 2.34. The van der Waals surface area contributed by atoms with E-state index in [0.29, 0.717) is 12.4 Å². The molecule has 2 rings (SSSR count). The molecule has 1 saturated heterocycles. The minimum Gasteiger partial charge on any atom is -0.282 e. The predicted octanol–water partition coefficient (Wildman–Crippen LogP) is -0.450. The molecular formula is C10H16IN7O. The minimum absolute atomic E-state index is 0.193. The molecule has 0 saturated carbocycles. The molecule has 104 valence electrons. The monoisotopic (exact) mass is 377 g/mol. The van der Waals surface area contributed by atoms with Crippen molar-refractivity contribution in [3.05, 3.63) is 15.8 Å². The lowest BCUT2D eigenvalue weighted by molar-refractivity contribution is 0.0745. The molecule has 8 nitrogen and oxygen atoms in total. The summed E-state index contributed by atoms with van der Waals surface area (Å²) < 4.78 is 0.784. The van der Waals surface area contributed by atoms with Gasteiger partial charge in [0.25, 0.3) is 0 Å². The smallest absolute Gasteiger partial charge is 0.282 e. The van der Waals surface area contributed by atoms with Gasteiger partial charge in [0.05, 0.1) is 6.54 Å². The molecule has 1 aliphatic heterocycles. The van der Waals surface area contributed by atoms with Crippen molar-refractivity contribution >= 4 is 34.4 Å². The highest BCUT2D eigenvalue weighted by Crippen LogP contribution is 2.24. The third-order valence-electron chi connectivity index (χ3n) is 3.14. The van der Waals surface area contributed by atoms with Crippen molar-refractivity contribution in [1.82, 2.24) is 31.3 Å². The topological polar surface area (TPSA) is 85.4 Å². The summed E-state index contributed by atoms with van der Waals surface area (Å²) >= 11 is 2.07. The summed E-state index contributed by atoms with van der Waals surface area (Å²) in [6.07, 6.45) is 0. The van der Waals surface area contributed by atoms with Gasteiger partial charge in [0, 0.05) is 7.05 Å². The zero-order valence-corrected chi connectivity index (χ0v) is 13.1. The van der Waals surface area contributed by atoms with Crippen LogP contribution in [0.1, 0.15) is 0 Å². The van der Waals surface area contributed by atoms with Crippen molar-refractivity contribution in [2.45, 2.75) is 5.79 Å². The molecule has 2 heterocycles. The number of likely N-dealkylation sites (N-methyl/N-ethyl adjacent to an activating group) is 2. The van der Waals surface area contributed by atoms with Crippen molar-refractivity contribution in [3.8, 4) is 0 Å². The summed E-state index contributed by atoms with van der Waals surface area (Å²) in [7, 11) is 5.28. The quantitative estimate of drug-likeness (QED) is 0.487. The van der Waals surface area contributed by atoms with E-state index in [1.807, 2.05) is 6.07 Å². The minimum atomic E-state index is -0.684. The lowest BCUT2D eigenvalue weighted by Gasteiger charge is -2.35. The van der Waals surface area contributed by atoms with Gasteiger partial charge in [-0.15, -0.1) is 10.2 Å². The number of amides is 2. The molecule has 0 atom stereocenters. The maximum absolute atomic E-state index is 12.4. The summed E-state index contributed by atoms with van der Waals surface area (Å²) in [6.45, 7) is 0.412. The SMILES string of the molecule is CNN1C(=O)N(c2ccc(I)nn2)CC1(NC)NC. The van der Waals surface area contributed by atoms with E-state index in [1.54, 1.807) is 32.1 Å². The van der Waals surface area contributed by atoms with E-state index in [9.17, 15) is 4.79 Å². The fourth-order valence-electron chi connectivity index (χ4n) is 2.08.